The van der Waals surface area contributed by atoms with Gasteiger partial charge in [-0.3, -0.25) is 15.6 Å². The van der Waals surface area contributed by atoms with Gasteiger partial charge in [-0.05, 0) is 60.7 Å². The number of ether oxygens (including phenoxy) is 1. The van der Waals surface area contributed by atoms with Gasteiger partial charge in [-0.25, -0.2) is 8.78 Å². The molecule has 2 aromatic rings. The molecule has 0 aromatic heterocycles. The molecule has 3 N–H and O–H groups in total. The Labute approximate surface area is 136 Å². The Morgan fingerprint density at radius 2 is 1.52 bits per heavy atom. The molecule has 0 aliphatic rings. The third-order valence-electron chi connectivity index (χ3n) is 2.60. The second-order valence-electron chi connectivity index (χ2n) is 4.38. The SMILES string of the molecule is O=C(COc1ccc(F)cc1)NNC(=S)Nc1ccc(F)cc1. The van der Waals surface area contributed by atoms with Gasteiger partial charge in [0.15, 0.2) is 11.7 Å². The lowest BCUT2D eigenvalue weighted by Crippen LogP contribution is -2.45. The first kappa shape index (κ1) is 16.6. The van der Waals surface area contributed by atoms with Crippen molar-refractivity contribution in [3.63, 3.8) is 0 Å². The third-order valence-corrected chi connectivity index (χ3v) is 2.81. The Bertz CT molecular complexity index is 678. The number of anilines is 1. The van der Waals surface area contributed by atoms with Crippen LogP contribution >= 0.6 is 12.2 Å². The molecule has 23 heavy (non-hydrogen) atoms. The van der Waals surface area contributed by atoms with Crippen molar-refractivity contribution < 1.29 is 18.3 Å². The lowest BCUT2D eigenvalue weighted by Gasteiger charge is -2.12. The van der Waals surface area contributed by atoms with E-state index in [0.717, 1.165) is 0 Å². The van der Waals surface area contributed by atoms with Gasteiger partial charge in [-0.2, -0.15) is 0 Å². The minimum atomic E-state index is -0.474. The molecule has 0 aliphatic carbocycles. The molecule has 0 aliphatic heterocycles. The second kappa shape index (κ2) is 8.04. The van der Waals surface area contributed by atoms with Crippen LogP contribution in [0.15, 0.2) is 48.5 Å². The molecule has 0 heterocycles. The van der Waals surface area contributed by atoms with Crippen molar-refractivity contribution in [3.8, 4) is 5.75 Å². The van der Waals surface area contributed by atoms with Gasteiger partial charge in [0.2, 0.25) is 0 Å². The van der Waals surface area contributed by atoms with E-state index < -0.39 is 5.91 Å². The van der Waals surface area contributed by atoms with E-state index in [1.165, 1.54) is 48.5 Å². The van der Waals surface area contributed by atoms with Crippen LogP contribution in [0, 0.1) is 11.6 Å². The van der Waals surface area contributed by atoms with Gasteiger partial charge in [0.1, 0.15) is 17.4 Å². The van der Waals surface area contributed by atoms with Crippen molar-refractivity contribution >= 4 is 28.9 Å². The number of benzene rings is 2. The summed E-state index contributed by atoms with van der Waals surface area (Å²) in [4.78, 5) is 11.6. The Morgan fingerprint density at radius 1 is 0.957 bits per heavy atom. The van der Waals surface area contributed by atoms with Crippen LogP contribution in [0.5, 0.6) is 5.75 Å². The largest absolute Gasteiger partial charge is 0.484 e. The summed E-state index contributed by atoms with van der Waals surface area (Å²) < 4.78 is 30.6. The molecular formula is C15H13F2N3O2S. The molecule has 0 saturated carbocycles. The van der Waals surface area contributed by atoms with Crippen LogP contribution in [-0.2, 0) is 4.79 Å². The third kappa shape index (κ3) is 5.87. The van der Waals surface area contributed by atoms with Crippen LogP contribution in [0.1, 0.15) is 0 Å². The molecule has 120 valence electrons. The van der Waals surface area contributed by atoms with Crippen molar-refractivity contribution in [1.82, 2.24) is 10.9 Å². The Kier molecular flexibility index (Phi) is 5.81. The molecule has 0 atom stereocenters. The summed E-state index contributed by atoms with van der Waals surface area (Å²) in [6, 6.07) is 10.8. The lowest BCUT2D eigenvalue weighted by molar-refractivity contribution is -0.123. The molecule has 0 radical (unpaired) electrons. The van der Waals surface area contributed by atoms with E-state index >= 15 is 0 Å². The maximum absolute atomic E-state index is 12.8. The molecule has 5 nitrogen and oxygen atoms in total. The zero-order chi connectivity index (χ0) is 16.7. The highest BCUT2D eigenvalue weighted by molar-refractivity contribution is 7.80. The molecule has 0 bridgehead atoms. The van der Waals surface area contributed by atoms with Gasteiger partial charge in [0, 0.05) is 5.69 Å². The number of thiocarbonyl (C=S) groups is 1. The van der Waals surface area contributed by atoms with E-state index in [9.17, 15) is 13.6 Å². The zero-order valence-corrected chi connectivity index (χ0v) is 12.6. The van der Waals surface area contributed by atoms with Gasteiger partial charge in [0.05, 0.1) is 0 Å². The van der Waals surface area contributed by atoms with Crippen molar-refractivity contribution in [1.29, 1.82) is 0 Å². The Balaban J connectivity index is 1.70. The highest BCUT2D eigenvalue weighted by Crippen LogP contribution is 2.10. The lowest BCUT2D eigenvalue weighted by atomic mass is 10.3. The normalized spacial score (nSPS) is 9.83. The standard InChI is InChI=1S/C15H13F2N3O2S/c16-10-1-5-12(6-2-10)18-15(23)20-19-14(21)9-22-13-7-3-11(17)4-8-13/h1-8H,9H2,(H,19,21)(H2,18,20,23). The molecular weight excluding hydrogens is 324 g/mol. The molecule has 0 saturated heterocycles. The van der Waals surface area contributed by atoms with E-state index in [4.69, 9.17) is 17.0 Å². The number of carbonyl (C=O) groups is 1. The van der Waals surface area contributed by atoms with Crippen LogP contribution in [0.3, 0.4) is 0 Å². The van der Waals surface area contributed by atoms with Gasteiger partial charge in [0.25, 0.3) is 5.91 Å². The quantitative estimate of drug-likeness (QED) is 0.591. The van der Waals surface area contributed by atoms with E-state index in [0.29, 0.717) is 11.4 Å². The van der Waals surface area contributed by atoms with Crippen molar-refractivity contribution in [2.75, 3.05) is 11.9 Å². The topological polar surface area (TPSA) is 62.4 Å². The number of nitrogens with one attached hydrogen (secondary N) is 3. The van der Waals surface area contributed by atoms with E-state index in [-0.39, 0.29) is 23.4 Å². The molecule has 0 unspecified atom stereocenters. The number of rotatable bonds is 4. The summed E-state index contributed by atoms with van der Waals surface area (Å²) in [5, 5.41) is 2.89. The van der Waals surface area contributed by atoms with Crippen LogP contribution in [0.4, 0.5) is 14.5 Å². The maximum atomic E-state index is 12.8. The zero-order valence-electron chi connectivity index (χ0n) is 11.8. The summed E-state index contributed by atoms with van der Waals surface area (Å²) in [7, 11) is 0. The molecule has 2 aromatic carbocycles. The number of hydrazine groups is 1. The van der Waals surface area contributed by atoms with Crippen molar-refractivity contribution in [3.05, 3.63) is 60.2 Å². The summed E-state index contributed by atoms with van der Waals surface area (Å²) in [6.45, 7) is -0.266. The number of hydrogen-bond acceptors (Lipinski definition) is 3. The molecule has 0 spiro atoms. The first-order valence-corrected chi connectivity index (χ1v) is 6.93. The highest BCUT2D eigenvalue weighted by atomic mass is 32.1. The fraction of sp³-hybridized carbons (Fsp3) is 0.0667. The fourth-order valence-electron chi connectivity index (χ4n) is 1.54. The summed E-state index contributed by atoms with van der Waals surface area (Å²) in [5.74, 6) is -0.854. The Morgan fingerprint density at radius 3 is 2.13 bits per heavy atom. The van der Waals surface area contributed by atoms with Gasteiger partial charge < -0.3 is 10.1 Å². The van der Waals surface area contributed by atoms with Gasteiger partial charge in [-0.1, -0.05) is 0 Å². The van der Waals surface area contributed by atoms with Gasteiger partial charge in [-0.15, -0.1) is 0 Å². The van der Waals surface area contributed by atoms with E-state index in [1.807, 2.05) is 0 Å². The minimum absolute atomic E-state index is 0.131. The minimum Gasteiger partial charge on any atom is -0.484 e. The molecule has 1 amide bonds. The smallest absolute Gasteiger partial charge is 0.276 e. The number of amides is 1. The molecule has 2 rings (SSSR count). The number of halogens is 2. The summed E-state index contributed by atoms with van der Waals surface area (Å²) in [5.41, 5.74) is 5.38. The van der Waals surface area contributed by atoms with Gasteiger partial charge >= 0.3 is 0 Å². The number of hydrogen-bond donors (Lipinski definition) is 3. The van der Waals surface area contributed by atoms with Crippen LogP contribution < -0.4 is 20.9 Å². The maximum Gasteiger partial charge on any atom is 0.276 e. The Hall–Kier alpha value is -2.74. The average Bonchev–Trinajstić information content (AvgIpc) is 2.54. The predicted octanol–water partition coefficient (Wildman–Crippen LogP) is 2.36. The van der Waals surface area contributed by atoms with Crippen molar-refractivity contribution in [2.45, 2.75) is 0 Å². The van der Waals surface area contributed by atoms with E-state index in [2.05, 4.69) is 16.2 Å². The monoisotopic (exact) mass is 337 g/mol. The predicted molar refractivity (Wildman–Crippen MR) is 85.8 cm³/mol. The van der Waals surface area contributed by atoms with E-state index in [1.54, 1.807) is 0 Å². The van der Waals surface area contributed by atoms with Crippen LogP contribution in [0.2, 0.25) is 0 Å². The van der Waals surface area contributed by atoms with Crippen molar-refractivity contribution in [2.24, 2.45) is 0 Å². The average molecular weight is 337 g/mol. The van der Waals surface area contributed by atoms with Crippen LogP contribution in [0.25, 0.3) is 0 Å². The van der Waals surface area contributed by atoms with Crippen LogP contribution in [-0.4, -0.2) is 17.6 Å². The molecule has 8 heteroatoms. The number of carbonyl (C=O) groups excluding carboxylic acids is 1. The fourth-order valence-corrected chi connectivity index (χ4v) is 1.71. The summed E-state index contributed by atoms with van der Waals surface area (Å²) >= 11 is 4.97. The highest BCUT2D eigenvalue weighted by Gasteiger charge is 2.04. The second-order valence-corrected chi connectivity index (χ2v) is 4.79. The first-order chi connectivity index (χ1) is 11.0. The first-order valence-electron chi connectivity index (χ1n) is 6.53. The molecule has 0 fully saturated rings. The summed E-state index contributed by atoms with van der Waals surface area (Å²) in [6.07, 6.45) is 0.